The smallest absolute Gasteiger partial charge is 0.271 e. The van der Waals surface area contributed by atoms with E-state index in [4.69, 9.17) is 4.74 Å². The van der Waals surface area contributed by atoms with Crippen molar-refractivity contribution in [2.75, 3.05) is 7.11 Å². The molecule has 5 heteroatoms. The minimum Gasteiger partial charge on any atom is -0.497 e. The minimum absolute atomic E-state index is 0.260. The number of nitrogens with one attached hydrogen (secondary N) is 1. The van der Waals surface area contributed by atoms with Gasteiger partial charge in [-0.2, -0.15) is 5.10 Å². The molecule has 1 amide bonds. The molecule has 2 aromatic rings. The zero-order valence-electron chi connectivity index (χ0n) is 10.7. The zero-order valence-corrected chi connectivity index (χ0v) is 11.5. The van der Waals surface area contributed by atoms with E-state index >= 15 is 0 Å². The number of carbonyl (C=O) groups excluding carboxylic acids is 1. The number of thiophene rings is 1. The van der Waals surface area contributed by atoms with Crippen molar-refractivity contribution < 1.29 is 9.53 Å². The molecule has 4 nitrogen and oxygen atoms in total. The summed E-state index contributed by atoms with van der Waals surface area (Å²) in [4.78, 5) is 12.9. The van der Waals surface area contributed by atoms with Crippen molar-refractivity contribution in [3.8, 4) is 5.75 Å². The molecular weight excluding hydrogens is 260 g/mol. The Morgan fingerprint density at radius 2 is 2.26 bits per heavy atom. The van der Waals surface area contributed by atoms with E-state index < -0.39 is 0 Å². The zero-order chi connectivity index (χ0) is 13.7. The van der Waals surface area contributed by atoms with Crippen LogP contribution < -0.4 is 10.2 Å². The van der Waals surface area contributed by atoms with E-state index in [9.17, 15) is 4.79 Å². The van der Waals surface area contributed by atoms with Crippen LogP contribution >= 0.6 is 11.3 Å². The maximum absolute atomic E-state index is 11.8. The Bertz CT molecular complexity index is 605. The molecule has 0 spiro atoms. The third-order valence-electron chi connectivity index (χ3n) is 2.58. The van der Waals surface area contributed by atoms with E-state index in [-0.39, 0.29) is 5.91 Å². The van der Waals surface area contributed by atoms with Crippen molar-refractivity contribution >= 4 is 23.5 Å². The molecule has 0 fully saturated rings. The highest BCUT2D eigenvalue weighted by Gasteiger charge is 2.05. The Hall–Kier alpha value is -2.14. The van der Waals surface area contributed by atoms with Gasteiger partial charge in [-0.3, -0.25) is 4.79 Å². The predicted molar refractivity (Wildman–Crippen MR) is 77.1 cm³/mol. The Morgan fingerprint density at radius 1 is 1.42 bits per heavy atom. The van der Waals surface area contributed by atoms with Gasteiger partial charge < -0.3 is 4.74 Å². The fraction of sp³-hybridized carbons (Fsp3) is 0.143. The lowest BCUT2D eigenvalue weighted by molar-refractivity contribution is 0.0955. The van der Waals surface area contributed by atoms with E-state index in [2.05, 4.69) is 10.5 Å². The summed E-state index contributed by atoms with van der Waals surface area (Å²) < 4.78 is 5.07. The Kier molecular flexibility index (Phi) is 4.30. The van der Waals surface area contributed by atoms with Crippen LogP contribution in [0.2, 0.25) is 0 Å². The topological polar surface area (TPSA) is 50.7 Å². The van der Waals surface area contributed by atoms with Crippen molar-refractivity contribution in [1.29, 1.82) is 0 Å². The van der Waals surface area contributed by atoms with Crippen LogP contribution in [0.3, 0.4) is 0 Å². The van der Waals surface area contributed by atoms with Gasteiger partial charge in [-0.1, -0.05) is 6.07 Å². The van der Waals surface area contributed by atoms with E-state index in [0.717, 1.165) is 10.4 Å². The average Bonchev–Trinajstić information content (AvgIpc) is 2.84. The molecule has 1 N–H and O–H groups in total. The van der Waals surface area contributed by atoms with Crippen molar-refractivity contribution in [3.05, 3.63) is 51.7 Å². The second-order valence-corrected chi connectivity index (χ2v) is 4.85. The van der Waals surface area contributed by atoms with Gasteiger partial charge in [0, 0.05) is 10.4 Å². The molecule has 0 aliphatic rings. The first-order valence-corrected chi connectivity index (χ1v) is 6.60. The Balaban J connectivity index is 2.01. The number of aryl methyl sites for hydroxylation is 1. The number of ether oxygens (including phenoxy) is 1. The third kappa shape index (κ3) is 3.42. The van der Waals surface area contributed by atoms with E-state index in [1.807, 2.05) is 18.4 Å². The number of methoxy groups -OCH3 is 1. The van der Waals surface area contributed by atoms with Crippen LogP contribution in [0.1, 0.15) is 20.8 Å². The van der Waals surface area contributed by atoms with Crippen LogP contribution in [0.15, 0.2) is 40.8 Å². The minimum atomic E-state index is -0.260. The van der Waals surface area contributed by atoms with Gasteiger partial charge in [0.1, 0.15) is 5.75 Å². The molecular formula is C14H14N2O2S. The van der Waals surface area contributed by atoms with Crippen molar-refractivity contribution in [3.63, 3.8) is 0 Å². The van der Waals surface area contributed by atoms with E-state index in [0.29, 0.717) is 11.3 Å². The van der Waals surface area contributed by atoms with Crippen LogP contribution in [0.4, 0.5) is 0 Å². The molecule has 98 valence electrons. The Labute approximate surface area is 115 Å². The number of carbonyl (C=O) groups is 1. The molecule has 1 heterocycles. The van der Waals surface area contributed by atoms with E-state index in [1.165, 1.54) is 0 Å². The summed E-state index contributed by atoms with van der Waals surface area (Å²) in [5, 5.41) is 5.94. The number of hydrogen-bond donors (Lipinski definition) is 1. The van der Waals surface area contributed by atoms with Gasteiger partial charge in [0.15, 0.2) is 0 Å². The highest BCUT2D eigenvalue weighted by Crippen LogP contribution is 2.13. The largest absolute Gasteiger partial charge is 0.497 e. The van der Waals surface area contributed by atoms with Crippen LogP contribution in [0.25, 0.3) is 0 Å². The van der Waals surface area contributed by atoms with Gasteiger partial charge in [0.25, 0.3) is 5.91 Å². The van der Waals surface area contributed by atoms with Crippen LogP contribution in [0.5, 0.6) is 5.75 Å². The number of amides is 1. The molecule has 1 aromatic heterocycles. The van der Waals surface area contributed by atoms with Gasteiger partial charge in [-0.05, 0) is 42.1 Å². The van der Waals surface area contributed by atoms with Gasteiger partial charge >= 0.3 is 0 Å². The van der Waals surface area contributed by atoms with Gasteiger partial charge in [-0.25, -0.2) is 5.43 Å². The fourth-order valence-electron chi connectivity index (χ4n) is 1.50. The maximum Gasteiger partial charge on any atom is 0.271 e. The van der Waals surface area contributed by atoms with Crippen LogP contribution in [0, 0.1) is 6.92 Å². The van der Waals surface area contributed by atoms with Gasteiger partial charge in [0.2, 0.25) is 0 Å². The molecule has 0 radical (unpaired) electrons. The Morgan fingerprint density at radius 3 is 2.95 bits per heavy atom. The first-order valence-electron chi connectivity index (χ1n) is 5.72. The lowest BCUT2D eigenvalue weighted by Crippen LogP contribution is -2.17. The van der Waals surface area contributed by atoms with Crippen LogP contribution in [-0.4, -0.2) is 19.2 Å². The number of rotatable bonds is 4. The lowest BCUT2D eigenvalue weighted by Gasteiger charge is -2.02. The monoisotopic (exact) mass is 274 g/mol. The fourth-order valence-corrected chi connectivity index (χ4v) is 2.28. The van der Waals surface area contributed by atoms with Crippen molar-refractivity contribution in [1.82, 2.24) is 5.43 Å². The van der Waals surface area contributed by atoms with Gasteiger partial charge in [0.05, 0.1) is 13.3 Å². The summed E-state index contributed by atoms with van der Waals surface area (Å²) in [6.07, 6.45) is 1.65. The second-order valence-electron chi connectivity index (χ2n) is 3.90. The van der Waals surface area contributed by atoms with Crippen LogP contribution in [-0.2, 0) is 0 Å². The average molecular weight is 274 g/mol. The first-order chi connectivity index (χ1) is 9.20. The molecule has 19 heavy (non-hydrogen) atoms. The van der Waals surface area contributed by atoms with E-state index in [1.54, 1.807) is 48.9 Å². The van der Waals surface area contributed by atoms with Gasteiger partial charge in [-0.15, -0.1) is 11.3 Å². The SMILES string of the molecule is COc1cccc(C(=O)NN=Cc2sccc2C)c1. The predicted octanol–water partition coefficient (Wildman–Crippen LogP) is 2.83. The molecule has 0 atom stereocenters. The molecule has 0 aliphatic heterocycles. The molecule has 0 unspecified atom stereocenters. The first kappa shape index (κ1) is 13.3. The molecule has 0 aliphatic carbocycles. The lowest BCUT2D eigenvalue weighted by atomic mass is 10.2. The summed E-state index contributed by atoms with van der Waals surface area (Å²) >= 11 is 1.58. The maximum atomic E-state index is 11.8. The number of nitrogens with zero attached hydrogens (tertiary/aromatic N) is 1. The number of hydrogen-bond acceptors (Lipinski definition) is 4. The summed E-state index contributed by atoms with van der Waals surface area (Å²) in [5.41, 5.74) is 4.15. The molecule has 0 saturated carbocycles. The third-order valence-corrected chi connectivity index (χ3v) is 3.54. The normalized spacial score (nSPS) is 10.6. The molecule has 0 saturated heterocycles. The molecule has 1 aromatic carbocycles. The standard InChI is InChI=1S/C14H14N2O2S/c1-10-6-7-19-13(10)9-15-16-14(17)11-4-3-5-12(8-11)18-2/h3-9H,1-2H3,(H,16,17). The number of hydrazone groups is 1. The summed E-state index contributed by atoms with van der Waals surface area (Å²) in [6, 6.07) is 8.94. The molecule has 0 bridgehead atoms. The summed E-state index contributed by atoms with van der Waals surface area (Å²) in [6.45, 7) is 2.00. The number of benzene rings is 1. The molecule has 2 rings (SSSR count). The quantitative estimate of drug-likeness (QED) is 0.688. The highest BCUT2D eigenvalue weighted by atomic mass is 32.1. The highest BCUT2D eigenvalue weighted by molar-refractivity contribution is 7.11. The summed E-state index contributed by atoms with van der Waals surface area (Å²) in [5.74, 6) is 0.384. The summed E-state index contributed by atoms with van der Waals surface area (Å²) in [7, 11) is 1.56. The van der Waals surface area contributed by atoms with Crippen molar-refractivity contribution in [2.45, 2.75) is 6.92 Å². The second kappa shape index (κ2) is 6.15. The van der Waals surface area contributed by atoms with Crippen molar-refractivity contribution in [2.24, 2.45) is 5.10 Å².